The van der Waals surface area contributed by atoms with Gasteiger partial charge in [-0.05, 0) is 14.1 Å². The second-order valence-corrected chi connectivity index (χ2v) is 8.07. The van der Waals surface area contributed by atoms with Crippen LogP contribution in [0.1, 0.15) is 0 Å². The minimum atomic E-state index is -3.26. The monoisotopic (exact) mass is 290 g/mol. The van der Waals surface area contributed by atoms with Gasteiger partial charge in [0.05, 0.1) is 12.7 Å². The number of carbonyl (C=O) groups is 1. The van der Waals surface area contributed by atoms with Crippen molar-refractivity contribution in [1.82, 2.24) is 9.80 Å². The number of sulfone groups is 1. The summed E-state index contributed by atoms with van der Waals surface area (Å²) in [6.45, 7) is 2.83. The molecule has 2 aliphatic heterocycles. The van der Waals surface area contributed by atoms with E-state index in [0.717, 1.165) is 19.4 Å². The highest BCUT2D eigenvalue weighted by atomic mass is 32.2. The lowest BCUT2D eigenvalue weighted by molar-refractivity contribution is -0.128. The highest BCUT2D eigenvalue weighted by Gasteiger charge is 2.45. The van der Waals surface area contributed by atoms with Crippen LogP contribution in [0.25, 0.3) is 0 Å². The van der Waals surface area contributed by atoms with Gasteiger partial charge in [-0.3, -0.25) is 4.79 Å². The summed E-state index contributed by atoms with van der Waals surface area (Å²) >= 11 is 0. The van der Waals surface area contributed by atoms with Crippen LogP contribution >= 0.6 is 0 Å². The van der Waals surface area contributed by atoms with Gasteiger partial charge in [0.1, 0.15) is 5.75 Å². The molecule has 0 radical (unpaired) electrons. The summed E-state index contributed by atoms with van der Waals surface area (Å²) in [4.78, 5) is 15.7. The van der Waals surface area contributed by atoms with Gasteiger partial charge in [0.2, 0.25) is 5.91 Å². The molecule has 6 nitrogen and oxygen atoms in total. The second kappa shape index (κ2) is 5.38. The van der Waals surface area contributed by atoms with E-state index in [9.17, 15) is 13.2 Å². The smallest absolute Gasteiger partial charge is 0.237 e. The van der Waals surface area contributed by atoms with E-state index < -0.39 is 15.6 Å². The molecule has 110 valence electrons. The fourth-order valence-corrected chi connectivity index (χ4v) is 3.61. The molecule has 7 heteroatoms. The largest absolute Gasteiger partial charge is 0.376 e. The maximum absolute atomic E-state index is 11.9. The Balaban J connectivity index is 1.94. The van der Waals surface area contributed by atoms with Crippen LogP contribution in [0.5, 0.6) is 0 Å². The molecule has 0 aliphatic carbocycles. The van der Waals surface area contributed by atoms with Crippen LogP contribution in [0.15, 0.2) is 0 Å². The number of nitrogens with zero attached hydrogens (tertiary/aromatic N) is 2. The van der Waals surface area contributed by atoms with Gasteiger partial charge in [-0.1, -0.05) is 0 Å². The van der Waals surface area contributed by atoms with Crippen LogP contribution in [0.4, 0.5) is 0 Å². The van der Waals surface area contributed by atoms with E-state index in [1.807, 2.05) is 14.1 Å². The first-order chi connectivity index (χ1) is 8.76. The lowest BCUT2D eigenvalue weighted by Crippen LogP contribution is -2.36. The van der Waals surface area contributed by atoms with Gasteiger partial charge in [-0.25, -0.2) is 8.42 Å². The van der Waals surface area contributed by atoms with Gasteiger partial charge < -0.3 is 14.5 Å². The molecule has 1 amide bonds. The van der Waals surface area contributed by atoms with Crippen LogP contribution in [-0.4, -0.2) is 82.6 Å². The molecule has 0 N–H and O–H groups in total. The van der Waals surface area contributed by atoms with E-state index in [1.165, 1.54) is 0 Å². The lowest BCUT2D eigenvalue weighted by Gasteiger charge is -2.22. The SMILES string of the molecule is CN(C)C[C@@H]1CO[C@@H]2CN(C(=O)CS(C)(=O)=O)C[C@H]12. The van der Waals surface area contributed by atoms with Gasteiger partial charge in [0.25, 0.3) is 0 Å². The van der Waals surface area contributed by atoms with Crippen molar-refractivity contribution in [2.45, 2.75) is 6.10 Å². The number of fused-ring (bicyclic) bond motifs is 1. The molecule has 3 atom stereocenters. The van der Waals surface area contributed by atoms with Crippen molar-refractivity contribution in [3.63, 3.8) is 0 Å². The minimum Gasteiger partial charge on any atom is -0.376 e. The summed E-state index contributed by atoms with van der Waals surface area (Å²) in [5, 5.41) is 0. The number of rotatable bonds is 4. The Morgan fingerprint density at radius 3 is 2.63 bits per heavy atom. The first kappa shape index (κ1) is 14.7. The van der Waals surface area contributed by atoms with Crippen LogP contribution < -0.4 is 0 Å². The lowest BCUT2D eigenvalue weighted by atomic mass is 9.93. The summed E-state index contributed by atoms with van der Waals surface area (Å²) in [5.74, 6) is 0.0659. The predicted octanol–water partition coefficient (Wildman–Crippen LogP) is -0.934. The van der Waals surface area contributed by atoms with Gasteiger partial charge in [-0.2, -0.15) is 0 Å². The average Bonchev–Trinajstić information content (AvgIpc) is 2.77. The Morgan fingerprint density at radius 1 is 1.37 bits per heavy atom. The third-order valence-corrected chi connectivity index (χ3v) is 4.55. The average molecular weight is 290 g/mol. The summed E-state index contributed by atoms with van der Waals surface area (Å²) < 4.78 is 28.1. The molecule has 19 heavy (non-hydrogen) atoms. The Morgan fingerprint density at radius 2 is 2.05 bits per heavy atom. The maximum Gasteiger partial charge on any atom is 0.237 e. The minimum absolute atomic E-state index is 0.0773. The quantitative estimate of drug-likeness (QED) is 0.669. The van der Waals surface area contributed by atoms with Gasteiger partial charge in [0.15, 0.2) is 9.84 Å². The highest BCUT2D eigenvalue weighted by Crippen LogP contribution is 2.33. The molecule has 2 saturated heterocycles. The number of hydrogen-bond acceptors (Lipinski definition) is 5. The van der Waals surface area contributed by atoms with Gasteiger partial charge in [0, 0.05) is 37.7 Å². The summed E-state index contributed by atoms with van der Waals surface area (Å²) in [5.41, 5.74) is 0. The van der Waals surface area contributed by atoms with E-state index in [0.29, 0.717) is 24.9 Å². The van der Waals surface area contributed by atoms with Crippen molar-refractivity contribution < 1.29 is 17.9 Å². The molecule has 0 aromatic carbocycles. The van der Waals surface area contributed by atoms with E-state index in [4.69, 9.17) is 4.74 Å². The van der Waals surface area contributed by atoms with Crippen LogP contribution in [0.2, 0.25) is 0 Å². The van der Waals surface area contributed by atoms with Crippen LogP contribution in [0, 0.1) is 11.8 Å². The summed E-state index contributed by atoms with van der Waals surface area (Å²) in [7, 11) is 0.788. The topological polar surface area (TPSA) is 66.9 Å². The fraction of sp³-hybridized carbons (Fsp3) is 0.917. The molecule has 0 bridgehead atoms. The normalized spacial score (nSPS) is 30.9. The number of amides is 1. The third-order valence-electron chi connectivity index (χ3n) is 3.78. The number of hydrogen-bond donors (Lipinski definition) is 0. The summed E-state index contributed by atoms with van der Waals surface area (Å²) in [6.07, 6.45) is 1.17. The van der Waals surface area contributed by atoms with Crippen molar-refractivity contribution >= 4 is 15.7 Å². The van der Waals surface area contributed by atoms with Crippen molar-refractivity contribution in [1.29, 1.82) is 0 Å². The number of ether oxygens (including phenoxy) is 1. The zero-order valence-electron chi connectivity index (χ0n) is 11.7. The van der Waals surface area contributed by atoms with Crippen molar-refractivity contribution in [2.75, 3.05) is 52.3 Å². The van der Waals surface area contributed by atoms with Crippen LogP contribution in [0.3, 0.4) is 0 Å². The molecule has 0 aromatic heterocycles. The molecule has 2 rings (SSSR count). The van der Waals surface area contributed by atoms with Crippen molar-refractivity contribution in [3.8, 4) is 0 Å². The van der Waals surface area contributed by atoms with Crippen LogP contribution in [-0.2, 0) is 19.4 Å². The molecular weight excluding hydrogens is 268 g/mol. The van der Waals surface area contributed by atoms with Crippen molar-refractivity contribution in [3.05, 3.63) is 0 Å². The first-order valence-corrected chi connectivity index (χ1v) is 8.54. The maximum atomic E-state index is 11.9. The van der Waals surface area contributed by atoms with Crippen molar-refractivity contribution in [2.24, 2.45) is 11.8 Å². The molecular formula is C12H22N2O4S. The standard InChI is InChI=1S/C12H22N2O4S/c1-13(2)4-9-7-18-11-6-14(5-10(9)11)12(15)8-19(3,16)17/h9-11H,4-8H2,1-3H3/t9-,10-,11-/m1/s1. The van der Waals surface area contributed by atoms with Gasteiger partial charge >= 0.3 is 0 Å². The Labute approximate surface area is 114 Å². The number of carbonyl (C=O) groups excluding carboxylic acids is 1. The zero-order valence-corrected chi connectivity index (χ0v) is 12.5. The van der Waals surface area contributed by atoms with E-state index in [1.54, 1.807) is 4.90 Å². The molecule has 0 saturated carbocycles. The predicted molar refractivity (Wildman–Crippen MR) is 71.6 cm³/mol. The zero-order chi connectivity index (χ0) is 14.2. The molecule has 0 spiro atoms. The second-order valence-electron chi connectivity index (χ2n) is 5.93. The van der Waals surface area contributed by atoms with E-state index in [2.05, 4.69) is 4.90 Å². The van der Waals surface area contributed by atoms with E-state index >= 15 is 0 Å². The molecule has 2 aliphatic rings. The Kier molecular flexibility index (Phi) is 4.17. The van der Waals surface area contributed by atoms with Gasteiger partial charge in [-0.15, -0.1) is 0 Å². The number of likely N-dealkylation sites (tertiary alicyclic amines) is 1. The third kappa shape index (κ3) is 3.67. The first-order valence-electron chi connectivity index (χ1n) is 6.48. The molecule has 0 unspecified atom stereocenters. The molecule has 2 heterocycles. The Hall–Kier alpha value is -0.660. The summed E-state index contributed by atoms with van der Waals surface area (Å²) in [6, 6.07) is 0. The van der Waals surface area contributed by atoms with E-state index in [-0.39, 0.29) is 12.0 Å². The fourth-order valence-electron chi connectivity index (χ4n) is 2.98. The Bertz CT molecular complexity index is 449. The highest BCUT2D eigenvalue weighted by molar-refractivity contribution is 7.91. The molecule has 0 aromatic rings. The molecule has 2 fully saturated rings.